The number of ether oxygens (including phenoxy) is 1. The molecule has 2 aromatic rings. The van der Waals surface area contributed by atoms with E-state index >= 15 is 0 Å². The van der Waals surface area contributed by atoms with Crippen molar-refractivity contribution in [2.24, 2.45) is 0 Å². The van der Waals surface area contributed by atoms with E-state index in [1.165, 1.54) is 7.11 Å². The van der Waals surface area contributed by atoms with Gasteiger partial charge in [0.2, 0.25) is 0 Å². The molecule has 0 bridgehead atoms. The molecule has 0 saturated carbocycles. The zero-order valence-corrected chi connectivity index (χ0v) is 9.00. The third-order valence-corrected chi connectivity index (χ3v) is 2.30. The Bertz CT molecular complexity index is 487. The highest BCUT2D eigenvalue weighted by Gasteiger charge is 2.08. The molecule has 0 N–H and O–H groups in total. The number of furan rings is 1. The van der Waals surface area contributed by atoms with Gasteiger partial charge in [-0.25, -0.2) is 4.79 Å². The van der Waals surface area contributed by atoms with Crippen LogP contribution in [0.3, 0.4) is 0 Å². The van der Waals surface area contributed by atoms with Crippen molar-refractivity contribution >= 4 is 32.9 Å². The zero-order chi connectivity index (χ0) is 10.1. The topological polar surface area (TPSA) is 39.4 Å². The molecule has 4 heteroatoms. The molecule has 0 aliphatic rings. The predicted molar refractivity (Wildman–Crippen MR) is 55.3 cm³/mol. The Morgan fingerprint density at radius 3 is 2.93 bits per heavy atom. The van der Waals surface area contributed by atoms with Crippen molar-refractivity contribution in [2.75, 3.05) is 7.11 Å². The van der Waals surface area contributed by atoms with Gasteiger partial charge >= 0.3 is 5.97 Å². The quantitative estimate of drug-likeness (QED) is 0.735. The fourth-order valence-electron chi connectivity index (χ4n) is 1.24. The summed E-state index contributed by atoms with van der Waals surface area (Å²) in [5.41, 5.74) is 1.15. The maximum atomic E-state index is 11.2. The van der Waals surface area contributed by atoms with Crippen molar-refractivity contribution in [3.63, 3.8) is 0 Å². The lowest BCUT2D eigenvalue weighted by Gasteiger charge is -1.97. The summed E-state index contributed by atoms with van der Waals surface area (Å²) in [5.74, 6) is -0.362. The number of methoxy groups -OCH3 is 1. The Morgan fingerprint density at radius 2 is 2.21 bits per heavy atom. The number of rotatable bonds is 1. The van der Waals surface area contributed by atoms with E-state index in [2.05, 4.69) is 20.7 Å². The Balaban J connectivity index is 2.55. The number of hydrogen-bond donors (Lipinski definition) is 0. The van der Waals surface area contributed by atoms with E-state index < -0.39 is 0 Å². The highest BCUT2D eigenvalue weighted by molar-refractivity contribution is 9.10. The molecule has 1 aromatic carbocycles. The summed E-state index contributed by atoms with van der Waals surface area (Å²) in [6.07, 6.45) is 0. The van der Waals surface area contributed by atoms with Crippen molar-refractivity contribution in [3.05, 3.63) is 34.5 Å². The summed E-state index contributed by atoms with van der Waals surface area (Å²) in [4.78, 5) is 11.2. The number of halogens is 1. The Hall–Kier alpha value is -1.29. The van der Waals surface area contributed by atoms with Crippen LogP contribution in [0.5, 0.6) is 0 Å². The van der Waals surface area contributed by atoms with Gasteiger partial charge < -0.3 is 9.15 Å². The SMILES string of the molecule is COC(=O)c1ccc2cc(Br)oc2c1. The van der Waals surface area contributed by atoms with Crippen LogP contribution >= 0.6 is 15.9 Å². The first-order chi connectivity index (χ1) is 6.70. The maximum Gasteiger partial charge on any atom is 0.337 e. The Morgan fingerprint density at radius 1 is 1.43 bits per heavy atom. The normalized spacial score (nSPS) is 10.4. The average molecular weight is 255 g/mol. The summed E-state index contributed by atoms with van der Waals surface area (Å²) in [5, 5.41) is 0.949. The van der Waals surface area contributed by atoms with Crippen molar-refractivity contribution in [3.8, 4) is 0 Å². The van der Waals surface area contributed by atoms with Crippen molar-refractivity contribution in [2.45, 2.75) is 0 Å². The number of carbonyl (C=O) groups is 1. The van der Waals surface area contributed by atoms with Crippen LogP contribution in [0.4, 0.5) is 0 Å². The van der Waals surface area contributed by atoms with Crippen molar-refractivity contribution in [1.29, 1.82) is 0 Å². The van der Waals surface area contributed by atoms with E-state index in [9.17, 15) is 4.79 Å². The highest BCUT2D eigenvalue weighted by atomic mass is 79.9. The molecule has 1 heterocycles. The largest absolute Gasteiger partial charge is 0.465 e. The van der Waals surface area contributed by atoms with E-state index in [1.54, 1.807) is 12.1 Å². The molecule has 72 valence electrons. The minimum absolute atomic E-state index is 0.362. The van der Waals surface area contributed by atoms with Crippen LogP contribution < -0.4 is 0 Å². The van der Waals surface area contributed by atoms with Gasteiger partial charge in [0.1, 0.15) is 5.58 Å². The number of hydrogen-bond acceptors (Lipinski definition) is 3. The molecule has 1 aromatic heterocycles. The lowest BCUT2D eigenvalue weighted by molar-refractivity contribution is 0.0601. The van der Waals surface area contributed by atoms with Gasteiger partial charge in [-0.15, -0.1) is 0 Å². The molecule has 0 unspecified atom stereocenters. The molecule has 0 radical (unpaired) electrons. The van der Waals surface area contributed by atoms with E-state index in [1.807, 2.05) is 12.1 Å². The van der Waals surface area contributed by atoms with Crippen LogP contribution in [0.1, 0.15) is 10.4 Å². The standard InChI is InChI=1S/C10H7BrO3/c1-13-10(12)7-3-2-6-5-9(11)14-8(6)4-7/h2-5H,1H3. The van der Waals surface area contributed by atoms with Gasteiger partial charge in [-0.05, 0) is 34.1 Å². The first-order valence-electron chi connectivity index (χ1n) is 3.98. The monoisotopic (exact) mass is 254 g/mol. The van der Waals surface area contributed by atoms with E-state index in [4.69, 9.17) is 4.42 Å². The van der Waals surface area contributed by atoms with Crippen LogP contribution in [0.15, 0.2) is 33.4 Å². The average Bonchev–Trinajstić information content (AvgIpc) is 2.55. The van der Waals surface area contributed by atoms with Gasteiger partial charge in [-0.1, -0.05) is 6.07 Å². The Kier molecular flexibility index (Phi) is 2.29. The fourth-order valence-corrected chi connectivity index (χ4v) is 1.66. The van der Waals surface area contributed by atoms with E-state index in [0.29, 0.717) is 15.8 Å². The molecule has 3 nitrogen and oxygen atoms in total. The number of fused-ring (bicyclic) bond motifs is 1. The van der Waals surface area contributed by atoms with Gasteiger partial charge in [0, 0.05) is 5.39 Å². The van der Waals surface area contributed by atoms with Gasteiger partial charge in [-0.2, -0.15) is 0 Å². The van der Waals surface area contributed by atoms with Crippen LogP contribution in [0.2, 0.25) is 0 Å². The molecular formula is C10H7BrO3. The third kappa shape index (κ3) is 1.53. The van der Waals surface area contributed by atoms with E-state index in [-0.39, 0.29) is 5.97 Å². The molecule has 0 aliphatic heterocycles. The summed E-state index contributed by atoms with van der Waals surface area (Å²) >= 11 is 3.22. The molecule has 0 aliphatic carbocycles. The molecular weight excluding hydrogens is 248 g/mol. The summed E-state index contributed by atoms with van der Waals surface area (Å²) in [7, 11) is 1.35. The molecule has 2 rings (SSSR count). The number of benzene rings is 1. The number of esters is 1. The number of carbonyl (C=O) groups excluding carboxylic acids is 1. The minimum Gasteiger partial charge on any atom is -0.465 e. The highest BCUT2D eigenvalue weighted by Crippen LogP contribution is 2.24. The summed E-state index contributed by atoms with van der Waals surface area (Å²) in [6, 6.07) is 7.02. The lowest BCUT2D eigenvalue weighted by atomic mass is 10.2. The fraction of sp³-hybridized carbons (Fsp3) is 0.100. The van der Waals surface area contributed by atoms with Gasteiger partial charge in [0.05, 0.1) is 12.7 Å². The zero-order valence-electron chi connectivity index (χ0n) is 7.41. The van der Waals surface area contributed by atoms with Crippen LogP contribution in [-0.4, -0.2) is 13.1 Å². The second-order valence-corrected chi connectivity index (χ2v) is 3.58. The van der Waals surface area contributed by atoms with Crippen LogP contribution in [0.25, 0.3) is 11.0 Å². The van der Waals surface area contributed by atoms with Crippen molar-refractivity contribution in [1.82, 2.24) is 0 Å². The molecule has 0 atom stereocenters. The minimum atomic E-state index is -0.362. The molecule has 0 fully saturated rings. The molecule has 0 amide bonds. The summed E-state index contributed by atoms with van der Waals surface area (Å²) in [6.45, 7) is 0. The smallest absolute Gasteiger partial charge is 0.337 e. The summed E-state index contributed by atoms with van der Waals surface area (Å²) < 4.78 is 10.6. The molecule has 0 spiro atoms. The first-order valence-corrected chi connectivity index (χ1v) is 4.77. The predicted octanol–water partition coefficient (Wildman–Crippen LogP) is 2.98. The first kappa shape index (κ1) is 9.27. The van der Waals surface area contributed by atoms with E-state index in [0.717, 1.165) is 5.39 Å². The second kappa shape index (κ2) is 3.46. The third-order valence-electron chi connectivity index (χ3n) is 1.91. The van der Waals surface area contributed by atoms with Crippen LogP contribution in [0, 0.1) is 0 Å². The maximum absolute atomic E-state index is 11.2. The molecule has 0 saturated heterocycles. The lowest BCUT2D eigenvalue weighted by Crippen LogP contribution is -1.99. The van der Waals surface area contributed by atoms with Gasteiger partial charge in [-0.3, -0.25) is 0 Å². The second-order valence-electron chi connectivity index (χ2n) is 2.79. The Labute approximate surface area is 88.8 Å². The van der Waals surface area contributed by atoms with Gasteiger partial charge in [0.25, 0.3) is 0 Å². The van der Waals surface area contributed by atoms with Crippen molar-refractivity contribution < 1.29 is 13.9 Å². The van der Waals surface area contributed by atoms with Gasteiger partial charge in [0.15, 0.2) is 4.67 Å². The van der Waals surface area contributed by atoms with Crippen LogP contribution in [-0.2, 0) is 4.74 Å². The molecule has 14 heavy (non-hydrogen) atoms.